The highest BCUT2D eigenvalue weighted by Gasteiger charge is 2.32. The van der Waals surface area contributed by atoms with Crippen molar-refractivity contribution in [1.29, 1.82) is 0 Å². The molecular formula is C55H57N9O7S. The highest BCUT2D eigenvalue weighted by Crippen LogP contribution is 2.36. The number of aryl methyl sites for hydroxylation is 1. The van der Waals surface area contributed by atoms with Crippen LogP contribution in [0.4, 0.5) is 16.6 Å². The summed E-state index contributed by atoms with van der Waals surface area (Å²) in [5, 5.41) is 24.9. The Labute approximate surface area is 420 Å². The molecule has 4 N–H and O–H groups in total. The molecule has 17 heteroatoms. The fourth-order valence-corrected chi connectivity index (χ4v) is 11.3. The Morgan fingerprint density at radius 1 is 0.903 bits per heavy atom. The molecule has 72 heavy (non-hydrogen) atoms. The van der Waals surface area contributed by atoms with E-state index in [1.165, 1.54) is 11.3 Å². The van der Waals surface area contributed by atoms with Crippen molar-refractivity contribution >= 4 is 78.7 Å². The minimum atomic E-state index is -1.13. The lowest BCUT2D eigenvalue weighted by Crippen LogP contribution is -2.39. The van der Waals surface area contributed by atoms with Crippen LogP contribution in [0.1, 0.15) is 94.6 Å². The van der Waals surface area contributed by atoms with Crippen molar-refractivity contribution < 1.29 is 33.8 Å². The van der Waals surface area contributed by atoms with Gasteiger partial charge in [-0.05, 0) is 147 Å². The number of pyridine rings is 1. The quantitative estimate of drug-likeness (QED) is 0.0713. The Balaban J connectivity index is 0.703. The van der Waals surface area contributed by atoms with Gasteiger partial charge in [-0.15, -0.1) is 0 Å². The number of nitrogens with one attached hydrogen (secondary N) is 3. The molecule has 0 bridgehead atoms. The number of carbonyl (C=O) groups is 5. The zero-order chi connectivity index (χ0) is 50.0. The van der Waals surface area contributed by atoms with E-state index in [0.717, 1.165) is 82.1 Å². The number of hydrogen-bond acceptors (Lipinski definition) is 12. The number of rotatable bonds is 15. The number of imide groups is 1. The number of benzene rings is 4. The van der Waals surface area contributed by atoms with Gasteiger partial charge in [0.25, 0.3) is 5.91 Å². The van der Waals surface area contributed by atoms with E-state index in [4.69, 9.17) is 9.72 Å². The summed E-state index contributed by atoms with van der Waals surface area (Å²) in [6.07, 6.45) is 5.46. The third-order valence-corrected chi connectivity index (χ3v) is 15.4. The van der Waals surface area contributed by atoms with Crippen molar-refractivity contribution in [3.05, 3.63) is 125 Å². The maximum Gasteiger partial charge on any atom is 0.355 e. The molecule has 0 radical (unpaired) electrons. The van der Waals surface area contributed by atoms with Crippen molar-refractivity contribution in [2.75, 3.05) is 48.3 Å². The maximum absolute atomic E-state index is 13.6. The molecule has 3 aromatic heterocycles. The zero-order valence-corrected chi connectivity index (χ0v) is 41.4. The highest BCUT2D eigenvalue weighted by atomic mass is 32.1. The summed E-state index contributed by atoms with van der Waals surface area (Å²) in [5.74, 6) is -0.453. The number of thiazole rings is 1. The number of carbonyl (C=O) groups excluding carboxylic acids is 4. The number of aromatic nitrogens is 4. The maximum atomic E-state index is 13.6. The molecule has 0 saturated carbocycles. The predicted molar refractivity (Wildman–Crippen MR) is 278 cm³/mol. The van der Waals surface area contributed by atoms with Gasteiger partial charge in [-0.25, -0.2) is 14.8 Å². The lowest BCUT2D eigenvalue weighted by molar-refractivity contribution is -0.134. The average molecular weight is 988 g/mol. The molecule has 2 fully saturated rings. The van der Waals surface area contributed by atoms with Crippen LogP contribution in [0.5, 0.6) is 5.75 Å². The zero-order valence-electron chi connectivity index (χ0n) is 40.6. The third-order valence-electron chi connectivity index (χ3n) is 14.4. The molecule has 2 saturated heterocycles. The number of nitrogens with zero attached hydrogens (tertiary/aromatic N) is 6. The van der Waals surface area contributed by atoms with Crippen LogP contribution in [0.25, 0.3) is 32.2 Å². The molecule has 6 heterocycles. The number of carboxylic acid groups (broad SMARTS) is 1. The van der Waals surface area contributed by atoms with Crippen molar-refractivity contribution in [3.8, 4) is 16.9 Å². The van der Waals surface area contributed by atoms with Gasteiger partial charge in [-0.2, -0.15) is 5.10 Å². The van der Waals surface area contributed by atoms with E-state index in [0.29, 0.717) is 84.2 Å². The second-order valence-corrected chi connectivity index (χ2v) is 20.4. The molecule has 0 spiro atoms. The number of aromatic carboxylic acids is 1. The van der Waals surface area contributed by atoms with Crippen molar-refractivity contribution in [2.24, 2.45) is 18.9 Å². The van der Waals surface area contributed by atoms with E-state index in [9.17, 15) is 29.1 Å². The Morgan fingerprint density at radius 2 is 1.72 bits per heavy atom. The first-order valence-corrected chi connectivity index (χ1v) is 25.5. The van der Waals surface area contributed by atoms with Gasteiger partial charge in [-0.1, -0.05) is 54.7 Å². The van der Waals surface area contributed by atoms with Crippen LogP contribution in [0, 0.1) is 18.8 Å². The monoisotopic (exact) mass is 987 g/mol. The van der Waals surface area contributed by atoms with Gasteiger partial charge >= 0.3 is 5.97 Å². The van der Waals surface area contributed by atoms with Gasteiger partial charge in [0.2, 0.25) is 17.7 Å². The fourth-order valence-electron chi connectivity index (χ4n) is 10.4. The van der Waals surface area contributed by atoms with Crippen LogP contribution in [0.3, 0.4) is 0 Å². The number of ether oxygens (including phenoxy) is 1. The number of amides is 4. The SMILES string of the molecule is Cc1c(OC[C@H](C)CCC2CCN(CC(=O)Nc3ccc4c(C5CCC(=O)NC5=O)nn(C)c4c3)CC2)cccc1-c1ccc(N2CCc3cccc(C(=O)Nc4nc5ccccc5s4)c3C2)nc1C(=O)O. The van der Waals surface area contributed by atoms with Crippen LogP contribution in [0.15, 0.2) is 91.0 Å². The van der Waals surface area contributed by atoms with Crippen LogP contribution in [-0.4, -0.2) is 92.1 Å². The standard InChI is InChI=1S/C55H57N9O7S/c1-32(14-15-34-22-25-63(26-23-34)30-49(66)56-36-16-17-40-44(28-36)62(3)61-50(40)41-19-21-48(65)59-53(41)68)31-71-45-12-7-9-37(33(45)2)38-18-20-47(58-51(38)54(69)70)64-27-24-35-8-6-10-39(42(35)29-64)52(67)60-55-57-43-11-4-5-13-46(43)72-55/h4-13,16-18,20,28,32,34,41H,14-15,19,21-27,29-31H2,1-3H3,(H,56,66)(H,69,70)(H,57,60,67)(H,59,65,68)/t32-,41?/m1/s1. The number of fused-ring (bicyclic) bond motifs is 3. The Kier molecular flexibility index (Phi) is 13.8. The van der Waals surface area contributed by atoms with Gasteiger partial charge in [0.05, 0.1) is 40.5 Å². The molecule has 4 aromatic carbocycles. The summed E-state index contributed by atoms with van der Waals surface area (Å²) in [6.45, 7) is 7.67. The topological polar surface area (TPSA) is 201 Å². The Morgan fingerprint density at radius 3 is 2.53 bits per heavy atom. The number of piperidine rings is 2. The minimum absolute atomic E-state index is 0.0495. The summed E-state index contributed by atoms with van der Waals surface area (Å²) in [5.41, 5.74) is 7.48. The molecule has 7 aromatic rings. The number of likely N-dealkylation sites (tertiary alicyclic amines) is 1. The van der Waals surface area contributed by atoms with Crippen molar-refractivity contribution in [2.45, 2.75) is 71.3 Å². The second-order valence-electron chi connectivity index (χ2n) is 19.4. The van der Waals surface area contributed by atoms with E-state index in [1.54, 1.807) is 4.68 Å². The molecule has 3 aliphatic rings. The van der Waals surface area contributed by atoms with Crippen molar-refractivity contribution in [3.63, 3.8) is 0 Å². The van der Waals surface area contributed by atoms with Gasteiger partial charge in [-0.3, -0.25) is 39.4 Å². The Hall–Kier alpha value is -7.50. The summed E-state index contributed by atoms with van der Waals surface area (Å²) in [7, 11) is 1.81. The summed E-state index contributed by atoms with van der Waals surface area (Å²) >= 11 is 1.43. The predicted octanol–water partition coefficient (Wildman–Crippen LogP) is 8.73. The number of hydrogen-bond donors (Lipinski definition) is 4. The summed E-state index contributed by atoms with van der Waals surface area (Å²) in [4.78, 5) is 77.4. The van der Waals surface area contributed by atoms with Crippen LogP contribution in [-0.2, 0) is 34.4 Å². The lowest BCUT2D eigenvalue weighted by atomic mass is 9.89. The fraction of sp³-hybridized carbons (Fsp3) is 0.345. The lowest BCUT2D eigenvalue weighted by Gasteiger charge is -2.32. The van der Waals surface area contributed by atoms with Crippen LogP contribution < -0.4 is 25.6 Å². The van der Waals surface area contributed by atoms with Gasteiger partial charge < -0.3 is 20.1 Å². The second kappa shape index (κ2) is 20.7. The van der Waals surface area contributed by atoms with Gasteiger partial charge in [0.1, 0.15) is 11.6 Å². The number of anilines is 3. The first kappa shape index (κ1) is 48.1. The molecule has 4 amide bonds. The first-order chi connectivity index (χ1) is 34.8. The number of carboxylic acids is 1. The summed E-state index contributed by atoms with van der Waals surface area (Å²) < 4.78 is 9.12. The molecule has 2 atom stereocenters. The van der Waals surface area contributed by atoms with Gasteiger partial charge in [0.15, 0.2) is 10.8 Å². The molecular weight excluding hydrogens is 931 g/mol. The van der Waals surface area contributed by atoms with E-state index in [2.05, 4.69) is 37.9 Å². The molecule has 10 rings (SSSR count). The van der Waals surface area contributed by atoms with Crippen LogP contribution in [0.2, 0.25) is 0 Å². The minimum Gasteiger partial charge on any atom is -0.493 e. The van der Waals surface area contributed by atoms with E-state index < -0.39 is 11.9 Å². The molecule has 3 aliphatic heterocycles. The summed E-state index contributed by atoms with van der Waals surface area (Å²) in [6, 6.07) is 28.5. The van der Waals surface area contributed by atoms with Crippen molar-refractivity contribution in [1.82, 2.24) is 30.0 Å². The molecule has 16 nitrogen and oxygen atoms in total. The van der Waals surface area contributed by atoms with Gasteiger partial charge in [0, 0.05) is 48.8 Å². The van der Waals surface area contributed by atoms with E-state index >= 15 is 0 Å². The largest absolute Gasteiger partial charge is 0.493 e. The average Bonchev–Trinajstić information content (AvgIpc) is 3.94. The molecule has 370 valence electrons. The van der Waals surface area contributed by atoms with E-state index in [-0.39, 0.29) is 41.7 Å². The Bertz CT molecular complexity index is 3220. The molecule has 1 unspecified atom stereocenters. The van der Waals surface area contributed by atoms with E-state index in [1.807, 2.05) is 110 Å². The third kappa shape index (κ3) is 10.3. The highest BCUT2D eigenvalue weighted by molar-refractivity contribution is 7.22. The normalized spacial score (nSPS) is 16.9. The van der Waals surface area contributed by atoms with Crippen LogP contribution >= 0.6 is 11.3 Å². The first-order valence-electron chi connectivity index (χ1n) is 24.7. The smallest absolute Gasteiger partial charge is 0.355 e. The molecule has 0 aliphatic carbocycles. The number of para-hydroxylation sites is 1.